The van der Waals surface area contributed by atoms with Crippen LogP contribution in [0.1, 0.15) is 19.3 Å². The molecule has 2 atom stereocenters. The van der Waals surface area contributed by atoms with Crippen LogP contribution >= 0.6 is 0 Å². The van der Waals surface area contributed by atoms with Gasteiger partial charge in [-0.05, 0) is 19.4 Å². The van der Waals surface area contributed by atoms with Crippen molar-refractivity contribution < 1.29 is 9.59 Å². The van der Waals surface area contributed by atoms with Crippen molar-refractivity contribution in [3.05, 3.63) is 0 Å². The zero-order chi connectivity index (χ0) is 9.97. The molecule has 2 heterocycles. The van der Waals surface area contributed by atoms with E-state index in [9.17, 15) is 9.59 Å². The highest BCUT2D eigenvalue weighted by atomic mass is 16.2. The summed E-state index contributed by atoms with van der Waals surface area (Å²) in [5.74, 6) is -0.328. The minimum atomic E-state index is -0.183. The molecule has 0 saturated carbocycles. The van der Waals surface area contributed by atoms with Gasteiger partial charge in [-0.15, -0.1) is 0 Å². The van der Waals surface area contributed by atoms with Gasteiger partial charge in [-0.3, -0.25) is 14.9 Å². The van der Waals surface area contributed by atoms with Crippen LogP contribution in [0.5, 0.6) is 0 Å². The molecular weight excluding hydrogens is 182 g/mol. The van der Waals surface area contributed by atoms with E-state index in [2.05, 4.69) is 16.0 Å². The smallest absolute Gasteiger partial charge is 0.243 e. The predicted molar refractivity (Wildman–Crippen MR) is 50.6 cm³/mol. The summed E-state index contributed by atoms with van der Waals surface area (Å²) < 4.78 is 0. The Morgan fingerprint density at radius 2 is 2.14 bits per heavy atom. The lowest BCUT2D eigenvalue weighted by atomic mass is 10.0. The molecular formula is C9H15N3O2. The van der Waals surface area contributed by atoms with Gasteiger partial charge >= 0.3 is 0 Å². The highest BCUT2D eigenvalue weighted by Gasteiger charge is 2.28. The third-order valence-corrected chi connectivity index (χ3v) is 2.74. The van der Waals surface area contributed by atoms with E-state index in [1.807, 2.05) is 0 Å². The Balaban J connectivity index is 1.85. The second-order valence-corrected chi connectivity index (χ2v) is 3.86. The van der Waals surface area contributed by atoms with Crippen molar-refractivity contribution in [1.29, 1.82) is 0 Å². The average Bonchev–Trinajstić information content (AvgIpc) is 2.62. The quantitative estimate of drug-likeness (QED) is 0.483. The van der Waals surface area contributed by atoms with Crippen molar-refractivity contribution in [1.82, 2.24) is 16.0 Å². The van der Waals surface area contributed by atoms with Crippen molar-refractivity contribution in [3.8, 4) is 0 Å². The fourth-order valence-electron chi connectivity index (χ4n) is 1.93. The van der Waals surface area contributed by atoms with Gasteiger partial charge < -0.3 is 10.6 Å². The number of hydrogen-bond acceptors (Lipinski definition) is 4. The summed E-state index contributed by atoms with van der Waals surface area (Å²) in [6.45, 7) is 1.92. The number of rotatable bonds is 2. The van der Waals surface area contributed by atoms with Gasteiger partial charge in [0.15, 0.2) is 0 Å². The van der Waals surface area contributed by atoms with Gasteiger partial charge in [-0.2, -0.15) is 0 Å². The van der Waals surface area contributed by atoms with Crippen LogP contribution in [0.4, 0.5) is 0 Å². The average molecular weight is 197 g/mol. The predicted octanol–water partition coefficient (Wildman–Crippen LogP) is -1.26. The summed E-state index contributed by atoms with van der Waals surface area (Å²) in [4.78, 5) is 22.3. The maximum atomic E-state index is 11.4. The molecule has 2 aliphatic heterocycles. The van der Waals surface area contributed by atoms with Gasteiger partial charge in [0.2, 0.25) is 11.8 Å². The first-order chi connectivity index (χ1) is 6.75. The number of amides is 2. The summed E-state index contributed by atoms with van der Waals surface area (Å²) in [5.41, 5.74) is 0. The van der Waals surface area contributed by atoms with Crippen LogP contribution in [0.2, 0.25) is 0 Å². The highest BCUT2D eigenvalue weighted by molar-refractivity contribution is 6.00. The number of hydrogen-bond donors (Lipinski definition) is 3. The molecule has 0 aromatic rings. The molecule has 0 spiro atoms. The first kappa shape index (κ1) is 9.61. The SMILES string of the molecule is O=C1CC[C@H](N[C@H]2CCNC2)C(=O)N1. The molecule has 2 rings (SSSR count). The van der Waals surface area contributed by atoms with Gasteiger partial charge in [0.1, 0.15) is 0 Å². The maximum absolute atomic E-state index is 11.4. The zero-order valence-electron chi connectivity index (χ0n) is 8.01. The van der Waals surface area contributed by atoms with Crippen LogP contribution < -0.4 is 16.0 Å². The topological polar surface area (TPSA) is 70.2 Å². The van der Waals surface area contributed by atoms with Crippen LogP contribution in [0.3, 0.4) is 0 Å². The standard InChI is InChI=1S/C9H15N3O2/c13-8-2-1-7(9(14)12-8)11-6-3-4-10-5-6/h6-7,10-11H,1-5H2,(H,12,13,14)/t6-,7-/m0/s1. The molecule has 0 aromatic carbocycles. The lowest BCUT2D eigenvalue weighted by Crippen LogP contribution is -2.53. The Morgan fingerprint density at radius 1 is 1.29 bits per heavy atom. The van der Waals surface area contributed by atoms with Gasteiger partial charge in [-0.1, -0.05) is 0 Å². The Labute approximate surface area is 82.6 Å². The fourth-order valence-corrected chi connectivity index (χ4v) is 1.93. The summed E-state index contributed by atoms with van der Waals surface area (Å²) in [6, 6.07) is 0.191. The summed E-state index contributed by atoms with van der Waals surface area (Å²) in [7, 11) is 0. The normalized spacial score (nSPS) is 33.1. The molecule has 5 nitrogen and oxygen atoms in total. The van der Waals surface area contributed by atoms with Crippen LogP contribution in [0, 0.1) is 0 Å². The second kappa shape index (κ2) is 4.06. The van der Waals surface area contributed by atoms with E-state index in [1.54, 1.807) is 0 Å². The molecule has 78 valence electrons. The minimum Gasteiger partial charge on any atom is -0.315 e. The molecule has 14 heavy (non-hydrogen) atoms. The summed E-state index contributed by atoms with van der Waals surface area (Å²) in [5, 5.41) is 8.83. The molecule has 0 bridgehead atoms. The van der Waals surface area contributed by atoms with Gasteiger partial charge in [-0.25, -0.2) is 0 Å². The largest absolute Gasteiger partial charge is 0.315 e. The molecule has 2 amide bonds. The van der Waals surface area contributed by atoms with E-state index in [4.69, 9.17) is 0 Å². The first-order valence-electron chi connectivity index (χ1n) is 5.06. The van der Waals surface area contributed by atoms with Crippen molar-refractivity contribution in [3.63, 3.8) is 0 Å². The maximum Gasteiger partial charge on any atom is 0.243 e. The number of carbonyl (C=O) groups excluding carboxylic acids is 2. The highest BCUT2D eigenvalue weighted by Crippen LogP contribution is 2.07. The van der Waals surface area contributed by atoms with Crippen molar-refractivity contribution in [2.75, 3.05) is 13.1 Å². The Bertz CT molecular complexity index is 248. The van der Waals surface area contributed by atoms with Crippen molar-refractivity contribution in [2.24, 2.45) is 0 Å². The van der Waals surface area contributed by atoms with Gasteiger partial charge in [0.25, 0.3) is 0 Å². The molecule has 5 heteroatoms. The van der Waals surface area contributed by atoms with Crippen molar-refractivity contribution in [2.45, 2.75) is 31.3 Å². The monoisotopic (exact) mass is 197 g/mol. The number of imide groups is 1. The molecule has 0 unspecified atom stereocenters. The van der Waals surface area contributed by atoms with E-state index in [-0.39, 0.29) is 17.9 Å². The summed E-state index contributed by atoms with van der Waals surface area (Å²) >= 11 is 0. The molecule has 0 radical (unpaired) electrons. The van der Waals surface area contributed by atoms with Gasteiger partial charge in [0.05, 0.1) is 6.04 Å². The van der Waals surface area contributed by atoms with Crippen LogP contribution in [0.25, 0.3) is 0 Å². The third-order valence-electron chi connectivity index (χ3n) is 2.74. The Hall–Kier alpha value is -0.940. The van der Waals surface area contributed by atoms with E-state index in [1.165, 1.54) is 0 Å². The van der Waals surface area contributed by atoms with Crippen molar-refractivity contribution >= 4 is 11.8 Å². The third kappa shape index (κ3) is 2.10. The molecule has 0 aliphatic carbocycles. The van der Waals surface area contributed by atoms with E-state index in [0.29, 0.717) is 18.9 Å². The van der Waals surface area contributed by atoms with E-state index >= 15 is 0 Å². The molecule has 2 fully saturated rings. The van der Waals surface area contributed by atoms with Crippen LogP contribution in [0.15, 0.2) is 0 Å². The zero-order valence-corrected chi connectivity index (χ0v) is 8.01. The molecule has 2 saturated heterocycles. The number of nitrogens with one attached hydrogen (secondary N) is 3. The van der Waals surface area contributed by atoms with Crippen LogP contribution in [-0.2, 0) is 9.59 Å². The molecule has 2 aliphatic rings. The number of carbonyl (C=O) groups is 2. The second-order valence-electron chi connectivity index (χ2n) is 3.86. The van der Waals surface area contributed by atoms with E-state index < -0.39 is 0 Å². The number of piperidine rings is 1. The lowest BCUT2D eigenvalue weighted by molar-refractivity contribution is -0.134. The first-order valence-corrected chi connectivity index (χ1v) is 5.06. The Kier molecular flexibility index (Phi) is 2.79. The molecule has 3 N–H and O–H groups in total. The lowest BCUT2D eigenvalue weighted by Gasteiger charge is -2.24. The summed E-state index contributed by atoms with van der Waals surface area (Å²) in [6.07, 6.45) is 2.13. The van der Waals surface area contributed by atoms with Crippen LogP contribution in [-0.4, -0.2) is 37.0 Å². The van der Waals surface area contributed by atoms with Gasteiger partial charge in [0, 0.05) is 19.0 Å². The van der Waals surface area contributed by atoms with E-state index in [0.717, 1.165) is 19.5 Å². The Morgan fingerprint density at radius 3 is 2.79 bits per heavy atom. The molecule has 0 aromatic heterocycles. The fraction of sp³-hybridized carbons (Fsp3) is 0.778. The minimum absolute atomic E-state index is 0.155.